The van der Waals surface area contributed by atoms with E-state index in [1.165, 1.54) is 12.1 Å². The van der Waals surface area contributed by atoms with Crippen molar-refractivity contribution in [3.8, 4) is 11.4 Å². The van der Waals surface area contributed by atoms with E-state index in [4.69, 9.17) is 0 Å². The van der Waals surface area contributed by atoms with Crippen molar-refractivity contribution in [1.82, 2.24) is 14.5 Å². The first-order valence-electron chi connectivity index (χ1n) is 9.22. The molecule has 6 heteroatoms. The third-order valence-electron chi connectivity index (χ3n) is 4.80. The van der Waals surface area contributed by atoms with Crippen LogP contribution in [0.25, 0.3) is 11.4 Å². The minimum Gasteiger partial charge on any atom is -0.327 e. The van der Waals surface area contributed by atoms with Crippen molar-refractivity contribution in [2.75, 3.05) is 5.32 Å². The zero-order valence-electron chi connectivity index (χ0n) is 15.2. The van der Waals surface area contributed by atoms with Crippen molar-refractivity contribution in [3.63, 3.8) is 0 Å². The third-order valence-corrected chi connectivity index (χ3v) is 4.80. The van der Waals surface area contributed by atoms with Gasteiger partial charge >= 0.3 is 0 Å². The molecule has 3 heterocycles. The number of pyridine rings is 1. The summed E-state index contributed by atoms with van der Waals surface area (Å²) in [6, 6.07) is 11.8. The number of amides is 1. The second-order valence-electron chi connectivity index (χ2n) is 6.82. The van der Waals surface area contributed by atoms with E-state index in [9.17, 15) is 9.18 Å². The highest BCUT2D eigenvalue weighted by molar-refractivity contribution is 6.03. The lowest BCUT2D eigenvalue weighted by molar-refractivity contribution is 0.102. The zero-order valence-corrected chi connectivity index (χ0v) is 15.2. The van der Waals surface area contributed by atoms with Crippen LogP contribution in [-0.2, 0) is 13.0 Å². The Morgan fingerprint density at radius 2 is 1.96 bits per heavy atom. The number of carbonyl (C=O) groups excluding carboxylic acids is 1. The summed E-state index contributed by atoms with van der Waals surface area (Å²) in [5.74, 6) is 0.561. The smallest absolute Gasteiger partial charge is 0.277 e. The number of nitrogens with one attached hydrogen (secondary N) is 1. The average molecular weight is 364 g/mol. The first kappa shape index (κ1) is 17.4. The standard InChI is InChI=1S/C21H21FN4O/c1-14-7-5-11-18(23-14)24-21(27)19-17-10-3-2-4-12-26(17)20(25-19)15-8-6-9-16(22)13-15/h5-9,11,13H,2-4,10,12H2,1H3,(H,23,24,27). The van der Waals surface area contributed by atoms with Crippen LogP contribution in [0.4, 0.5) is 10.2 Å². The number of nitrogens with zero attached hydrogens (tertiary/aromatic N) is 3. The summed E-state index contributed by atoms with van der Waals surface area (Å²) in [7, 11) is 0. The first-order valence-corrected chi connectivity index (χ1v) is 9.22. The molecule has 4 rings (SSSR count). The maximum absolute atomic E-state index is 13.7. The second kappa shape index (κ2) is 7.31. The molecule has 1 aliphatic heterocycles. The van der Waals surface area contributed by atoms with Crippen molar-refractivity contribution < 1.29 is 9.18 Å². The molecule has 1 amide bonds. The van der Waals surface area contributed by atoms with Gasteiger partial charge in [-0.25, -0.2) is 14.4 Å². The highest BCUT2D eigenvalue weighted by Crippen LogP contribution is 2.28. The fourth-order valence-corrected chi connectivity index (χ4v) is 3.54. The number of carbonyl (C=O) groups is 1. The van der Waals surface area contributed by atoms with E-state index in [-0.39, 0.29) is 11.7 Å². The molecule has 0 saturated carbocycles. The highest BCUT2D eigenvalue weighted by atomic mass is 19.1. The van der Waals surface area contributed by atoms with E-state index in [0.29, 0.717) is 22.9 Å². The fraction of sp³-hybridized carbons (Fsp3) is 0.286. The molecule has 5 nitrogen and oxygen atoms in total. The van der Waals surface area contributed by atoms with Gasteiger partial charge in [-0.05, 0) is 50.5 Å². The molecule has 0 unspecified atom stereocenters. The van der Waals surface area contributed by atoms with Gasteiger partial charge in [0.15, 0.2) is 0 Å². The molecule has 0 spiro atoms. The van der Waals surface area contributed by atoms with Crippen LogP contribution in [0.5, 0.6) is 0 Å². The van der Waals surface area contributed by atoms with Crippen LogP contribution in [0.1, 0.15) is 41.1 Å². The maximum Gasteiger partial charge on any atom is 0.277 e. The number of imidazole rings is 1. The van der Waals surface area contributed by atoms with E-state index in [1.54, 1.807) is 12.1 Å². The minimum atomic E-state index is -0.312. The first-order chi connectivity index (χ1) is 13.1. The van der Waals surface area contributed by atoms with E-state index in [0.717, 1.165) is 43.6 Å². The van der Waals surface area contributed by atoms with Crippen LogP contribution in [0.15, 0.2) is 42.5 Å². The molecular formula is C21H21FN4O. The van der Waals surface area contributed by atoms with Gasteiger partial charge in [0, 0.05) is 17.8 Å². The molecule has 1 aliphatic rings. The second-order valence-corrected chi connectivity index (χ2v) is 6.82. The molecule has 2 aromatic heterocycles. The Morgan fingerprint density at radius 3 is 2.78 bits per heavy atom. The Morgan fingerprint density at radius 1 is 1.11 bits per heavy atom. The molecule has 0 saturated heterocycles. The predicted octanol–water partition coefficient (Wildman–Crippen LogP) is 4.37. The van der Waals surface area contributed by atoms with Crippen molar-refractivity contribution >= 4 is 11.7 Å². The Labute approximate surface area is 157 Å². The lowest BCUT2D eigenvalue weighted by atomic mass is 10.1. The summed E-state index contributed by atoms with van der Waals surface area (Å²) >= 11 is 0. The van der Waals surface area contributed by atoms with Gasteiger partial charge in [-0.1, -0.05) is 24.6 Å². The van der Waals surface area contributed by atoms with Crippen LogP contribution in [0.2, 0.25) is 0 Å². The number of aryl methyl sites for hydroxylation is 1. The number of fused-ring (bicyclic) bond motifs is 1. The summed E-state index contributed by atoms with van der Waals surface area (Å²) in [6.45, 7) is 2.66. The lowest BCUT2D eigenvalue weighted by Gasteiger charge is -2.09. The van der Waals surface area contributed by atoms with Crippen molar-refractivity contribution in [3.05, 3.63) is 65.4 Å². The highest BCUT2D eigenvalue weighted by Gasteiger charge is 2.24. The maximum atomic E-state index is 13.7. The minimum absolute atomic E-state index is 0.276. The summed E-state index contributed by atoms with van der Waals surface area (Å²) in [4.78, 5) is 21.9. The van der Waals surface area contributed by atoms with Gasteiger partial charge in [0.25, 0.3) is 5.91 Å². The molecule has 1 N–H and O–H groups in total. The number of halogens is 1. The zero-order chi connectivity index (χ0) is 18.8. The molecule has 138 valence electrons. The van der Waals surface area contributed by atoms with E-state index < -0.39 is 0 Å². The fourth-order valence-electron chi connectivity index (χ4n) is 3.54. The number of hydrogen-bond donors (Lipinski definition) is 1. The van der Waals surface area contributed by atoms with Gasteiger partial charge in [0.1, 0.15) is 23.2 Å². The monoisotopic (exact) mass is 364 g/mol. The molecular weight excluding hydrogens is 343 g/mol. The quantitative estimate of drug-likeness (QED) is 0.751. The Balaban J connectivity index is 1.75. The summed E-state index contributed by atoms with van der Waals surface area (Å²) in [5, 5.41) is 2.85. The number of hydrogen-bond acceptors (Lipinski definition) is 3. The molecule has 1 aromatic carbocycles. The summed E-state index contributed by atoms with van der Waals surface area (Å²) in [5.41, 5.74) is 2.83. The largest absolute Gasteiger partial charge is 0.327 e. The molecule has 27 heavy (non-hydrogen) atoms. The number of aromatic nitrogens is 3. The Hall–Kier alpha value is -3.02. The summed E-state index contributed by atoms with van der Waals surface area (Å²) < 4.78 is 15.8. The van der Waals surface area contributed by atoms with E-state index in [2.05, 4.69) is 19.9 Å². The SMILES string of the molecule is Cc1cccc(NC(=O)c2nc(-c3cccc(F)c3)n3c2CCCCC3)n1. The van der Waals surface area contributed by atoms with Crippen molar-refractivity contribution in [2.24, 2.45) is 0 Å². The van der Waals surface area contributed by atoms with Gasteiger partial charge in [-0.15, -0.1) is 0 Å². The van der Waals surface area contributed by atoms with Crippen LogP contribution in [0, 0.1) is 12.7 Å². The molecule has 3 aromatic rings. The van der Waals surface area contributed by atoms with Crippen LogP contribution < -0.4 is 5.32 Å². The van der Waals surface area contributed by atoms with Crippen molar-refractivity contribution in [1.29, 1.82) is 0 Å². The summed E-state index contributed by atoms with van der Waals surface area (Å²) in [6.07, 6.45) is 3.92. The van der Waals surface area contributed by atoms with Crippen LogP contribution in [-0.4, -0.2) is 20.4 Å². The Bertz CT molecular complexity index is 996. The number of anilines is 1. The average Bonchev–Trinajstić information content (AvgIpc) is 2.83. The molecule has 0 aliphatic carbocycles. The molecule has 0 radical (unpaired) electrons. The predicted molar refractivity (Wildman–Crippen MR) is 102 cm³/mol. The van der Waals surface area contributed by atoms with Crippen LogP contribution in [0.3, 0.4) is 0 Å². The van der Waals surface area contributed by atoms with Gasteiger partial charge in [-0.3, -0.25) is 4.79 Å². The number of benzene rings is 1. The molecule has 0 fully saturated rings. The molecule has 0 atom stereocenters. The van der Waals surface area contributed by atoms with Gasteiger partial charge < -0.3 is 9.88 Å². The van der Waals surface area contributed by atoms with Gasteiger partial charge in [0.2, 0.25) is 0 Å². The Kier molecular flexibility index (Phi) is 4.71. The third kappa shape index (κ3) is 3.60. The number of rotatable bonds is 3. The lowest BCUT2D eigenvalue weighted by Crippen LogP contribution is -2.16. The normalized spacial score (nSPS) is 13.7. The van der Waals surface area contributed by atoms with Gasteiger partial charge in [0.05, 0.1) is 5.69 Å². The topological polar surface area (TPSA) is 59.8 Å². The van der Waals surface area contributed by atoms with Crippen molar-refractivity contribution in [2.45, 2.75) is 39.2 Å². The van der Waals surface area contributed by atoms with E-state index in [1.807, 2.05) is 25.1 Å². The molecule has 0 bridgehead atoms. The van der Waals surface area contributed by atoms with E-state index >= 15 is 0 Å². The van der Waals surface area contributed by atoms with Crippen LogP contribution >= 0.6 is 0 Å². The van der Waals surface area contributed by atoms with Gasteiger partial charge in [-0.2, -0.15) is 0 Å².